The molecule has 0 aliphatic rings. The van der Waals surface area contributed by atoms with Crippen molar-refractivity contribution in [3.63, 3.8) is 0 Å². The van der Waals surface area contributed by atoms with E-state index in [0.717, 1.165) is 6.26 Å². The maximum Gasteiger partial charge on any atom is 0.407 e. The van der Waals surface area contributed by atoms with E-state index in [0.29, 0.717) is 79.2 Å². The number of alkyl carbamates (subject to hydrolysis) is 1. The van der Waals surface area contributed by atoms with Crippen molar-refractivity contribution >= 4 is 16.2 Å². The van der Waals surface area contributed by atoms with Gasteiger partial charge in [0.15, 0.2) is 0 Å². The molecule has 0 bridgehead atoms. The molecule has 0 spiro atoms. The van der Waals surface area contributed by atoms with Crippen LogP contribution in [0.5, 0.6) is 0 Å². The molecular weight excluding hydrogens is 462 g/mol. The number of hydrogen-bond acceptors (Lipinski definition) is 11. The number of carbonyl (C=O) groups is 1. The van der Waals surface area contributed by atoms with E-state index < -0.39 is 21.8 Å². The van der Waals surface area contributed by atoms with Gasteiger partial charge < -0.3 is 38.5 Å². The van der Waals surface area contributed by atoms with Gasteiger partial charge in [0.05, 0.1) is 92.1 Å². The SMILES string of the molecule is CC(C)(C)OC(=O)NCCOCCOCCOCCOCCOCCOCCOS(C)(=O)=O. The number of nitrogens with one attached hydrogen (secondary N) is 1. The zero-order valence-electron chi connectivity index (χ0n) is 20.3. The van der Waals surface area contributed by atoms with Crippen molar-refractivity contribution in [3.8, 4) is 0 Å². The number of hydrogen-bond donors (Lipinski definition) is 1. The Morgan fingerprint density at radius 3 is 1.30 bits per heavy atom. The van der Waals surface area contributed by atoms with Crippen molar-refractivity contribution in [3.05, 3.63) is 0 Å². The molecule has 0 radical (unpaired) electrons. The van der Waals surface area contributed by atoms with Crippen LogP contribution < -0.4 is 5.32 Å². The molecule has 1 amide bonds. The normalized spacial score (nSPS) is 12.1. The molecule has 0 atom stereocenters. The lowest BCUT2D eigenvalue weighted by Gasteiger charge is -2.19. The van der Waals surface area contributed by atoms with Gasteiger partial charge in [-0.25, -0.2) is 4.79 Å². The highest BCUT2D eigenvalue weighted by molar-refractivity contribution is 7.85. The highest BCUT2D eigenvalue weighted by atomic mass is 32.2. The van der Waals surface area contributed by atoms with E-state index in [4.69, 9.17) is 33.2 Å². The number of carbonyl (C=O) groups excluding carboxylic acids is 1. The van der Waals surface area contributed by atoms with E-state index in [1.807, 2.05) is 0 Å². The van der Waals surface area contributed by atoms with Crippen molar-refractivity contribution in [2.45, 2.75) is 26.4 Å². The minimum absolute atomic E-state index is 0.00411. The first-order chi connectivity index (χ1) is 15.6. The van der Waals surface area contributed by atoms with Crippen LogP contribution in [0.2, 0.25) is 0 Å². The number of amides is 1. The van der Waals surface area contributed by atoms with Gasteiger partial charge in [0.2, 0.25) is 0 Å². The van der Waals surface area contributed by atoms with E-state index in [2.05, 4.69) is 9.50 Å². The molecule has 0 unspecified atom stereocenters. The largest absolute Gasteiger partial charge is 0.444 e. The van der Waals surface area contributed by atoms with Crippen molar-refractivity contribution in [2.75, 3.05) is 98.7 Å². The molecule has 0 aliphatic carbocycles. The Balaban J connectivity index is 3.15. The topological polar surface area (TPSA) is 137 Å². The standard InChI is InChI=1S/C20H41NO11S/c1-20(2,3)32-19(22)21-5-6-25-7-8-26-9-10-27-11-12-28-13-14-29-15-16-30-17-18-31-33(4,23)24/h5-18H2,1-4H3,(H,21,22). The minimum atomic E-state index is -3.42. The third kappa shape index (κ3) is 28.9. The van der Waals surface area contributed by atoms with Crippen molar-refractivity contribution in [1.82, 2.24) is 5.32 Å². The molecule has 13 heteroatoms. The van der Waals surface area contributed by atoms with E-state index in [9.17, 15) is 13.2 Å². The lowest BCUT2D eigenvalue weighted by Crippen LogP contribution is -2.34. The van der Waals surface area contributed by atoms with E-state index in [1.165, 1.54) is 0 Å². The molecule has 0 rings (SSSR count). The van der Waals surface area contributed by atoms with Crippen LogP contribution in [0.4, 0.5) is 4.79 Å². The predicted molar refractivity (Wildman–Crippen MR) is 120 cm³/mol. The minimum Gasteiger partial charge on any atom is -0.444 e. The van der Waals surface area contributed by atoms with Crippen molar-refractivity contribution in [1.29, 1.82) is 0 Å². The Labute approximate surface area is 197 Å². The van der Waals surface area contributed by atoms with Crippen LogP contribution in [0.3, 0.4) is 0 Å². The fourth-order valence-corrected chi connectivity index (χ4v) is 2.36. The van der Waals surface area contributed by atoms with Gasteiger partial charge in [-0.3, -0.25) is 4.18 Å². The smallest absolute Gasteiger partial charge is 0.407 e. The molecule has 0 heterocycles. The highest BCUT2D eigenvalue weighted by Crippen LogP contribution is 2.06. The first-order valence-electron chi connectivity index (χ1n) is 10.9. The number of rotatable bonds is 22. The molecule has 0 saturated carbocycles. The molecule has 198 valence electrons. The Morgan fingerprint density at radius 1 is 0.636 bits per heavy atom. The summed E-state index contributed by atoms with van der Waals surface area (Å²) >= 11 is 0. The lowest BCUT2D eigenvalue weighted by atomic mass is 10.2. The molecular formula is C20H41NO11S. The number of ether oxygens (including phenoxy) is 7. The van der Waals surface area contributed by atoms with Gasteiger partial charge in [-0.2, -0.15) is 8.42 Å². The first kappa shape index (κ1) is 31.9. The Bertz CT molecular complexity index is 567. The summed E-state index contributed by atoms with van der Waals surface area (Å²) in [5.41, 5.74) is -0.514. The second-order valence-electron chi connectivity index (χ2n) is 7.63. The van der Waals surface area contributed by atoms with Crippen LogP contribution >= 0.6 is 0 Å². The van der Waals surface area contributed by atoms with Crippen LogP contribution in [-0.4, -0.2) is 119 Å². The van der Waals surface area contributed by atoms with Gasteiger partial charge in [-0.1, -0.05) is 0 Å². The van der Waals surface area contributed by atoms with Crippen LogP contribution in [-0.2, 0) is 47.5 Å². The fraction of sp³-hybridized carbons (Fsp3) is 0.950. The van der Waals surface area contributed by atoms with E-state index in [1.54, 1.807) is 20.8 Å². The average Bonchev–Trinajstić information content (AvgIpc) is 2.69. The van der Waals surface area contributed by atoms with Gasteiger partial charge in [0, 0.05) is 6.54 Å². The van der Waals surface area contributed by atoms with Gasteiger partial charge >= 0.3 is 6.09 Å². The zero-order chi connectivity index (χ0) is 24.8. The van der Waals surface area contributed by atoms with Gasteiger partial charge in [-0.15, -0.1) is 0 Å². The van der Waals surface area contributed by atoms with Gasteiger partial charge in [0.1, 0.15) is 5.60 Å². The molecule has 0 fully saturated rings. The highest BCUT2D eigenvalue weighted by Gasteiger charge is 2.15. The predicted octanol–water partition coefficient (Wildman–Crippen LogP) is 0.587. The molecule has 0 aromatic rings. The summed E-state index contributed by atoms with van der Waals surface area (Å²) in [6, 6.07) is 0. The summed E-state index contributed by atoms with van der Waals surface area (Å²) < 4.78 is 63.0. The Hall–Kier alpha value is -1.06. The summed E-state index contributed by atoms with van der Waals surface area (Å²) in [6.07, 6.45) is 0.530. The maximum atomic E-state index is 11.4. The second-order valence-corrected chi connectivity index (χ2v) is 9.27. The molecule has 0 saturated heterocycles. The molecule has 0 aliphatic heterocycles. The fourth-order valence-electron chi connectivity index (χ4n) is 1.99. The van der Waals surface area contributed by atoms with Gasteiger partial charge in [-0.05, 0) is 20.8 Å². The lowest BCUT2D eigenvalue weighted by molar-refractivity contribution is -0.0176. The molecule has 0 aromatic heterocycles. The van der Waals surface area contributed by atoms with Crippen LogP contribution in [0, 0.1) is 0 Å². The second kappa shape index (κ2) is 20.3. The Morgan fingerprint density at radius 2 is 0.970 bits per heavy atom. The quantitative estimate of drug-likeness (QED) is 0.164. The third-order valence-corrected chi connectivity index (χ3v) is 3.89. The van der Waals surface area contributed by atoms with Crippen molar-refractivity contribution < 1.29 is 50.6 Å². The molecule has 12 nitrogen and oxygen atoms in total. The monoisotopic (exact) mass is 503 g/mol. The van der Waals surface area contributed by atoms with Crippen LogP contribution in [0.25, 0.3) is 0 Å². The van der Waals surface area contributed by atoms with E-state index in [-0.39, 0.29) is 13.2 Å². The maximum absolute atomic E-state index is 11.4. The summed E-state index contributed by atoms with van der Waals surface area (Å²) in [5.74, 6) is 0. The summed E-state index contributed by atoms with van der Waals surface area (Å²) in [4.78, 5) is 11.4. The van der Waals surface area contributed by atoms with Crippen molar-refractivity contribution in [2.24, 2.45) is 0 Å². The average molecular weight is 504 g/mol. The Kier molecular flexibility index (Phi) is 19.7. The van der Waals surface area contributed by atoms with E-state index >= 15 is 0 Å². The molecule has 1 N–H and O–H groups in total. The third-order valence-electron chi connectivity index (χ3n) is 3.30. The van der Waals surface area contributed by atoms with Crippen LogP contribution in [0.1, 0.15) is 20.8 Å². The molecule has 33 heavy (non-hydrogen) atoms. The molecule has 0 aromatic carbocycles. The summed E-state index contributed by atoms with van der Waals surface area (Å²) in [7, 11) is -3.42. The van der Waals surface area contributed by atoms with Crippen LogP contribution in [0.15, 0.2) is 0 Å². The first-order valence-corrected chi connectivity index (χ1v) is 12.7. The van der Waals surface area contributed by atoms with Gasteiger partial charge in [0.25, 0.3) is 10.1 Å². The summed E-state index contributed by atoms with van der Waals surface area (Å²) in [6.45, 7) is 10.7. The summed E-state index contributed by atoms with van der Waals surface area (Å²) in [5, 5.41) is 2.61. The zero-order valence-corrected chi connectivity index (χ0v) is 21.1.